The molecule has 3 rings (SSSR count). The van der Waals surface area contributed by atoms with Gasteiger partial charge in [0.05, 0.1) is 0 Å². The van der Waals surface area contributed by atoms with Gasteiger partial charge in [-0.25, -0.2) is 0 Å². The van der Waals surface area contributed by atoms with E-state index in [0.29, 0.717) is 25.1 Å². The molecule has 1 atom stereocenters. The van der Waals surface area contributed by atoms with Crippen LogP contribution in [0.1, 0.15) is 40.7 Å². The van der Waals surface area contributed by atoms with Crippen LogP contribution < -0.4 is 11.1 Å². The highest BCUT2D eigenvalue weighted by molar-refractivity contribution is 6.05. The van der Waals surface area contributed by atoms with Crippen molar-refractivity contribution in [2.45, 2.75) is 38.3 Å². The van der Waals surface area contributed by atoms with E-state index in [2.05, 4.69) is 5.32 Å². The molecule has 0 aromatic heterocycles. The smallest absolute Gasteiger partial charge is 0.255 e. The van der Waals surface area contributed by atoms with E-state index in [4.69, 9.17) is 5.73 Å². The van der Waals surface area contributed by atoms with E-state index in [9.17, 15) is 14.4 Å². The lowest BCUT2D eigenvalue weighted by Gasteiger charge is -2.29. The van der Waals surface area contributed by atoms with Crippen molar-refractivity contribution in [1.29, 1.82) is 0 Å². The Morgan fingerprint density at radius 3 is 2.82 bits per heavy atom. The first kappa shape index (κ1) is 14.7. The van der Waals surface area contributed by atoms with Gasteiger partial charge in [0.2, 0.25) is 11.8 Å². The molecule has 0 bridgehead atoms. The van der Waals surface area contributed by atoms with Crippen LogP contribution in [0.5, 0.6) is 0 Å². The van der Waals surface area contributed by atoms with Gasteiger partial charge in [0.15, 0.2) is 0 Å². The predicted octanol–water partition coefficient (Wildman–Crippen LogP) is 0.339. The number of imide groups is 1. The third-order valence-corrected chi connectivity index (χ3v) is 4.26. The summed E-state index contributed by atoms with van der Waals surface area (Å²) in [4.78, 5) is 37.2. The summed E-state index contributed by atoms with van der Waals surface area (Å²) in [5.41, 5.74) is 8.28. The number of carbonyl (C=O) groups excluding carboxylic acids is 3. The van der Waals surface area contributed by atoms with Crippen LogP contribution in [-0.4, -0.2) is 35.2 Å². The Kier molecular flexibility index (Phi) is 3.94. The van der Waals surface area contributed by atoms with Gasteiger partial charge in [-0.3, -0.25) is 19.7 Å². The molecule has 2 aliphatic heterocycles. The molecule has 6 heteroatoms. The summed E-state index contributed by atoms with van der Waals surface area (Å²) >= 11 is 0. The molecule has 1 aromatic carbocycles. The lowest BCUT2D eigenvalue weighted by atomic mass is 10.0. The van der Waals surface area contributed by atoms with Crippen LogP contribution in [0.15, 0.2) is 18.2 Å². The summed E-state index contributed by atoms with van der Waals surface area (Å²) in [7, 11) is 0. The lowest BCUT2D eigenvalue weighted by Crippen LogP contribution is -2.52. The van der Waals surface area contributed by atoms with Gasteiger partial charge >= 0.3 is 0 Å². The minimum absolute atomic E-state index is 0.130. The van der Waals surface area contributed by atoms with Crippen LogP contribution >= 0.6 is 0 Å². The fraction of sp³-hybridized carbons (Fsp3) is 0.438. The van der Waals surface area contributed by atoms with Gasteiger partial charge in [-0.2, -0.15) is 0 Å². The zero-order valence-electron chi connectivity index (χ0n) is 12.3. The molecule has 0 radical (unpaired) electrons. The summed E-state index contributed by atoms with van der Waals surface area (Å²) in [5.74, 6) is -0.773. The normalized spacial score (nSPS) is 21.0. The van der Waals surface area contributed by atoms with Crippen molar-refractivity contribution < 1.29 is 14.4 Å². The number of fused-ring (bicyclic) bond motifs is 1. The molecule has 116 valence electrons. The molecule has 22 heavy (non-hydrogen) atoms. The quantitative estimate of drug-likeness (QED) is 0.784. The Morgan fingerprint density at radius 1 is 1.27 bits per heavy atom. The standard InChI is InChI=1S/C16H19N3O3/c17-7-1-2-10-3-4-12-11(8-10)9-19(16(12)22)13-5-6-14(20)18-15(13)21/h3-4,8,13H,1-2,5-7,9,17H2,(H,18,20,21). The maximum atomic E-state index is 12.5. The molecule has 1 saturated heterocycles. The Balaban J connectivity index is 1.78. The average Bonchev–Trinajstić information content (AvgIpc) is 2.82. The van der Waals surface area contributed by atoms with Gasteiger partial charge in [-0.05, 0) is 43.0 Å². The third kappa shape index (κ3) is 2.62. The molecular formula is C16H19N3O3. The summed E-state index contributed by atoms with van der Waals surface area (Å²) < 4.78 is 0. The lowest BCUT2D eigenvalue weighted by molar-refractivity contribution is -0.136. The van der Waals surface area contributed by atoms with Crippen LogP contribution in [0.25, 0.3) is 0 Å². The van der Waals surface area contributed by atoms with Crippen LogP contribution in [0, 0.1) is 0 Å². The molecule has 6 nitrogen and oxygen atoms in total. The van der Waals surface area contributed by atoms with Gasteiger partial charge in [0, 0.05) is 18.5 Å². The zero-order chi connectivity index (χ0) is 15.7. The number of hydrogen-bond donors (Lipinski definition) is 2. The summed E-state index contributed by atoms with van der Waals surface area (Å²) in [6.07, 6.45) is 2.46. The van der Waals surface area contributed by atoms with E-state index in [0.717, 1.165) is 24.0 Å². The van der Waals surface area contributed by atoms with E-state index in [1.54, 1.807) is 4.90 Å². The van der Waals surface area contributed by atoms with E-state index >= 15 is 0 Å². The van der Waals surface area contributed by atoms with Crippen molar-refractivity contribution in [2.75, 3.05) is 6.54 Å². The second-order valence-electron chi connectivity index (χ2n) is 5.78. The number of hydrogen-bond acceptors (Lipinski definition) is 4. The minimum Gasteiger partial charge on any atom is -0.330 e. The molecule has 3 N–H and O–H groups in total. The van der Waals surface area contributed by atoms with Crippen molar-refractivity contribution >= 4 is 17.7 Å². The average molecular weight is 301 g/mol. The monoisotopic (exact) mass is 301 g/mol. The van der Waals surface area contributed by atoms with Gasteiger partial charge in [-0.15, -0.1) is 0 Å². The number of piperidine rings is 1. The Hall–Kier alpha value is -2.21. The first-order valence-electron chi connectivity index (χ1n) is 7.56. The molecule has 0 saturated carbocycles. The number of nitrogens with one attached hydrogen (secondary N) is 1. The van der Waals surface area contributed by atoms with Crippen molar-refractivity contribution in [2.24, 2.45) is 5.73 Å². The Morgan fingerprint density at radius 2 is 2.09 bits per heavy atom. The molecule has 1 unspecified atom stereocenters. The van der Waals surface area contributed by atoms with Crippen LogP contribution in [0.4, 0.5) is 0 Å². The second kappa shape index (κ2) is 5.88. The summed E-state index contributed by atoms with van der Waals surface area (Å²) in [6, 6.07) is 5.25. The zero-order valence-corrected chi connectivity index (χ0v) is 12.3. The number of carbonyl (C=O) groups is 3. The fourth-order valence-electron chi connectivity index (χ4n) is 3.09. The van der Waals surface area contributed by atoms with E-state index in [-0.39, 0.29) is 24.1 Å². The largest absolute Gasteiger partial charge is 0.330 e. The Bertz CT molecular complexity index is 642. The van der Waals surface area contributed by atoms with Gasteiger partial charge in [-0.1, -0.05) is 12.1 Å². The van der Waals surface area contributed by atoms with Crippen molar-refractivity contribution in [3.8, 4) is 0 Å². The van der Waals surface area contributed by atoms with Gasteiger partial charge in [0.1, 0.15) is 6.04 Å². The number of aryl methyl sites for hydroxylation is 1. The number of benzene rings is 1. The van der Waals surface area contributed by atoms with Gasteiger partial charge in [0.25, 0.3) is 5.91 Å². The number of amides is 3. The SMILES string of the molecule is NCCCc1ccc2c(c1)CN(C1CCC(=O)NC1=O)C2=O. The molecule has 2 aliphatic rings. The Labute approximate surface area is 128 Å². The molecule has 3 amide bonds. The minimum atomic E-state index is -0.551. The predicted molar refractivity (Wildman–Crippen MR) is 79.9 cm³/mol. The molecular weight excluding hydrogens is 282 g/mol. The third-order valence-electron chi connectivity index (χ3n) is 4.26. The van der Waals surface area contributed by atoms with E-state index in [1.807, 2.05) is 18.2 Å². The first-order valence-corrected chi connectivity index (χ1v) is 7.56. The maximum absolute atomic E-state index is 12.5. The van der Waals surface area contributed by atoms with Crippen molar-refractivity contribution in [3.05, 3.63) is 34.9 Å². The number of nitrogens with two attached hydrogens (primary N) is 1. The van der Waals surface area contributed by atoms with Crippen molar-refractivity contribution in [3.63, 3.8) is 0 Å². The molecule has 1 aromatic rings. The molecule has 2 heterocycles. The molecule has 0 spiro atoms. The maximum Gasteiger partial charge on any atom is 0.255 e. The van der Waals surface area contributed by atoms with Crippen LogP contribution in [-0.2, 0) is 22.6 Å². The topological polar surface area (TPSA) is 92.5 Å². The van der Waals surface area contributed by atoms with Crippen LogP contribution in [0.2, 0.25) is 0 Å². The number of nitrogens with zero attached hydrogens (tertiary/aromatic N) is 1. The van der Waals surface area contributed by atoms with Gasteiger partial charge < -0.3 is 10.6 Å². The summed E-state index contributed by atoms with van der Waals surface area (Å²) in [5, 5.41) is 2.31. The fourth-order valence-corrected chi connectivity index (χ4v) is 3.09. The first-order chi connectivity index (χ1) is 10.6. The second-order valence-corrected chi connectivity index (χ2v) is 5.78. The van der Waals surface area contributed by atoms with Crippen molar-refractivity contribution in [1.82, 2.24) is 10.2 Å². The molecule has 1 fully saturated rings. The molecule has 0 aliphatic carbocycles. The highest BCUT2D eigenvalue weighted by Crippen LogP contribution is 2.28. The van der Waals surface area contributed by atoms with Crippen LogP contribution in [0.3, 0.4) is 0 Å². The highest BCUT2D eigenvalue weighted by atomic mass is 16.2. The summed E-state index contributed by atoms with van der Waals surface area (Å²) in [6.45, 7) is 1.06. The number of rotatable bonds is 4. The highest BCUT2D eigenvalue weighted by Gasteiger charge is 2.38. The van der Waals surface area contributed by atoms with E-state index < -0.39 is 6.04 Å². The van der Waals surface area contributed by atoms with E-state index in [1.165, 1.54) is 0 Å².